The SMILES string of the molecule is COc1cc2c(cc1OC)CN(Cc1cc(C(C)(C)C)cc(C(C)(C)C)c1O)CC2. The molecule has 164 valence electrons. The molecule has 0 saturated heterocycles. The molecule has 4 heteroatoms. The molecule has 1 N–H and O–H groups in total. The van der Waals surface area contributed by atoms with E-state index in [0.717, 1.165) is 48.7 Å². The molecule has 30 heavy (non-hydrogen) atoms. The van der Waals surface area contributed by atoms with E-state index in [1.165, 1.54) is 16.7 Å². The maximum atomic E-state index is 11.1. The lowest BCUT2D eigenvalue weighted by Gasteiger charge is -2.32. The zero-order chi connectivity index (χ0) is 22.3. The Kier molecular flexibility index (Phi) is 6.10. The Hall–Kier alpha value is -2.20. The van der Waals surface area contributed by atoms with Gasteiger partial charge in [0, 0.05) is 25.2 Å². The van der Waals surface area contributed by atoms with Gasteiger partial charge in [0.05, 0.1) is 14.2 Å². The minimum absolute atomic E-state index is 0.0286. The highest BCUT2D eigenvalue weighted by molar-refractivity contribution is 5.50. The summed E-state index contributed by atoms with van der Waals surface area (Å²) >= 11 is 0. The second-order valence-corrected chi connectivity index (χ2v) is 10.5. The number of phenolic OH excluding ortho intramolecular Hbond substituents is 1. The van der Waals surface area contributed by atoms with Gasteiger partial charge in [0.1, 0.15) is 5.75 Å². The third-order valence-electron chi connectivity index (χ3n) is 6.05. The first kappa shape index (κ1) is 22.5. The molecule has 2 aromatic rings. The van der Waals surface area contributed by atoms with E-state index in [1.807, 2.05) is 0 Å². The van der Waals surface area contributed by atoms with Crippen LogP contribution in [0.5, 0.6) is 17.2 Å². The standard InChI is InChI=1S/C26H37NO3/c1-25(2,3)20-11-19(24(28)21(14-20)26(4,5)6)16-27-10-9-17-12-22(29-7)23(30-8)13-18(17)15-27/h11-14,28H,9-10,15-16H2,1-8H3. The number of phenols is 1. The van der Waals surface area contributed by atoms with Gasteiger partial charge in [-0.05, 0) is 51.6 Å². The van der Waals surface area contributed by atoms with E-state index >= 15 is 0 Å². The molecular weight excluding hydrogens is 374 g/mol. The average Bonchev–Trinajstić information content (AvgIpc) is 2.66. The highest BCUT2D eigenvalue weighted by Crippen LogP contribution is 2.39. The second-order valence-electron chi connectivity index (χ2n) is 10.5. The normalized spacial score (nSPS) is 15.1. The molecule has 0 unspecified atom stereocenters. The van der Waals surface area contributed by atoms with Crippen LogP contribution in [0.4, 0.5) is 0 Å². The van der Waals surface area contributed by atoms with Crippen LogP contribution in [0.2, 0.25) is 0 Å². The molecule has 1 aliphatic rings. The van der Waals surface area contributed by atoms with Gasteiger partial charge in [-0.15, -0.1) is 0 Å². The molecular formula is C26H37NO3. The smallest absolute Gasteiger partial charge is 0.161 e. The van der Waals surface area contributed by atoms with Crippen molar-refractivity contribution in [2.24, 2.45) is 0 Å². The number of ether oxygens (including phenoxy) is 2. The summed E-state index contributed by atoms with van der Waals surface area (Å²) < 4.78 is 11.0. The number of fused-ring (bicyclic) bond motifs is 1. The molecule has 1 aliphatic heterocycles. The molecule has 0 fully saturated rings. The summed E-state index contributed by atoms with van der Waals surface area (Å²) in [5.74, 6) is 1.99. The predicted molar refractivity (Wildman–Crippen MR) is 123 cm³/mol. The summed E-state index contributed by atoms with van der Waals surface area (Å²) in [5.41, 5.74) is 5.79. The monoisotopic (exact) mass is 411 g/mol. The molecule has 3 rings (SSSR count). The summed E-state index contributed by atoms with van der Waals surface area (Å²) in [6.45, 7) is 15.7. The van der Waals surface area contributed by atoms with Crippen LogP contribution in [0, 0.1) is 0 Å². The van der Waals surface area contributed by atoms with Crippen LogP contribution in [0.3, 0.4) is 0 Å². The van der Waals surface area contributed by atoms with Gasteiger partial charge in [0.15, 0.2) is 11.5 Å². The molecule has 0 atom stereocenters. The van der Waals surface area contributed by atoms with Crippen LogP contribution in [0.15, 0.2) is 24.3 Å². The molecule has 0 spiro atoms. The molecule has 0 aromatic heterocycles. The molecule has 0 radical (unpaired) electrons. The minimum atomic E-state index is -0.113. The Labute approximate surface area is 181 Å². The molecule has 0 bridgehead atoms. The van der Waals surface area contributed by atoms with Crippen molar-refractivity contribution in [1.82, 2.24) is 4.90 Å². The van der Waals surface area contributed by atoms with Crippen molar-refractivity contribution >= 4 is 0 Å². The van der Waals surface area contributed by atoms with Crippen molar-refractivity contribution in [3.05, 3.63) is 52.1 Å². The van der Waals surface area contributed by atoms with Gasteiger partial charge in [0.25, 0.3) is 0 Å². The second kappa shape index (κ2) is 8.14. The fourth-order valence-corrected chi connectivity index (χ4v) is 4.14. The maximum Gasteiger partial charge on any atom is 0.161 e. The van der Waals surface area contributed by atoms with Crippen molar-refractivity contribution in [2.75, 3.05) is 20.8 Å². The molecule has 0 saturated carbocycles. The lowest BCUT2D eigenvalue weighted by Crippen LogP contribution is -2.30. The van der Waals surface area contributed by atoms with Crippen molar-refractivity contribution in [1.29, 1.82) is 0 Å². The molecule has 2 aromatic carbocycles. The molecule has 0 aliphatic carbocycles. The Bertz CT molecular complexity index is 919. The van der Waals surface area contributed by atoms with Crippen LogP contribution in [0.1, 0.15) is 69.4 Å². The van der Waals surface area contributed by atoms with Gasteiger partial charge in [-0.1, -0.05) is 53.7 Å². The lowest BCUT2D eigenvalue weighted by atomic mass is 9.79. The number of methoxy groups -OCH3 is 2. The van der Waals surface area contributed by atoms with E-state index in [2.05, 4.69) is 70.7 Å². The minimum Gasteiger partial charge on any atom is -0.507 e. The van der Waals surface area contributed by atoms with E-state index in [0.29, 0.717) is 5.75 Å². The zero-order valence-corrected chi connectivity index (χ0v) is 19.8. The molecule has 4 nitrogen and oxygen atoms in total. The largest absolute Gasteiger partial charge is 0.507 e. The zero-order valence-electron chi connectivity index (χ0n) is 19.8. The van der Waals surface area contributed by atoms with Crippen molar-refractivity contribution in [3.63, 3.8) is 0 Å². The number of benzene rings is 2. The molecule has 0 amide bonds. The van der Waals surface area contributed by atoms with Crippen LogP contribution < -0.4 is 9.47 Å². The number of aromatic hydroxyl groups is 1. The molecule has 1 heterocycles. The van der Waals surface area contributed by atoms with Gasteiger partial charge < -0.3 is 14.6 Å². The number of hydrogen-bond acceptors (Lipinski definition) is 4. The van der Waals surface area contributed by atoms with Crippen LogP contribution in [0.25, 0.3) is 0 Å². The quantitative estimate of drug-likeness (QED) is 0.715. The highest BCUT2D eigenvalue weighted by Gasteiger charge is 2.27. The Morgan fingerprint density at radius 2 is 1.47 bits per heavy atom. The highest BCUT2D eigenvalue weighted by atomic mass is 16.5. The van der Waals surface area contributed by atoms with Crippen molar-refractivity contribution in [2.45, 2.75) is 71.9 Å². The van der Waals surface area contributed by atoms with E-state index in [1.54, 1.807) is 14.2 Å². The van der Waals surface area contributed by atoms with E-state index in [-0.39, 0.29) is 10.8 Å². The Morgan fingerprint density at radius 3 is 2.00 bits per heavy atom. The average molecular weight is 412 g/mol. The van der Waals surface area contributed by atoms with E-state index < -0.39 is 0 Å². The number of rotatable bonds is 4. The maximum absolute atomic E-state index is 11.1. The first-order valence-corrected chi connectivity index (χ1v) is 10.8. The fraction of sp³-hybridized carbons (Fsp3) is 0.538. The van der Waals surface area contributed by atoms with Gasteiger partial charge in [-0.2, -0.15) is 0 Å². The Balaban J connectivity index is 1.94. The fourth-order valence-electron chi connectivity index (χ4n) is 4.14. The third kappa shape index (κ3) is 4.59. The number of hydrogen-bond donors (Lipinski definition) is 1. The van der Waals surface area contributed by atoms with Crippen LogP contribution in [-0.4, -0.2) is 30.8 Å². The predicted octanol–water partition coefficient (Wildman–Crippen LogP) is 5.56. The summed E-state index contributed by atoms with van der Waals surface area (Å²) in [6, 6.07) is 8.56. The Morgan fingerprint density at radius 1 is 0.867 bits per heavy atom. The summed E-state index contributed by atoms with van der Waals surface area (Å²) in [4.78, 5) is 2.40. The van der Waals surface area contributed by atoms with Gasteiger partial charge >= 0.3 is 0 Å². The first-order valence-electron chi connectivity index (χ1n) is 10.8. The number of nitrogens with zero attached hydrogens (tertiary/aromatic N) is 1. The summed E-state index contributed by atoms with van der Waals surface area (Å²) in [5, 5.41) is 11.1. The van der Waals surface area contributed by atoms with Crippen molar-refractivity contribution in [3.8, 4) is 17.2 Å². The van der Waals surface area contributed by atoms with Gasteiger partial charge in [-0.25, -0.2) is 0 Å². The van der Waals surface area contributed by atoms with Gasteiger partial charge in [-0.3, -0.25) is 4.90 Å². The van der Waals surface area contributed by atoms with E-state index in [4.69, 9.17) is 9.47 Å². The summed E-state index contributed by atoms with van der Waals surface area (Å²) in [7, 11) is 3.35. The van der Waals surface area contributed by atoms with Crippen molar-refractivity contribution < 1.29 is 14.6 Å². The van der Waals surface area contributed by atoms with Crippen LogP contribution >= 0.6 is 0 Å². The van der Waals surface area contributed by atoms with E-state index in [9.17, 15) is 5.11 Å². The topological polar surface area (TPSA) is 41.9 Å². The first-order chi connectivity index (χ1) is 13.9. The third-order valence-corrected chi connectivity index (χ3v) is 6.05. The lowest BCUT2D eigenvalue weighted by molar-refractivity contribution is 0.240. The van der Waals surface area contributed by atoms with Gasteiger partial charge in [0.2, 0.25) is 0 Å². The van der Waals surface area contributed by atoms with Crippen LogP contribution in [-0.2, 0) is 30.3 Å². The summed E-state index contributed by atoms with van der Waals surface area (Å²) in [6.07, 6.45) is 0.960.